The molecule has 0 aliphatic heterocycles. The summed E-state index contributed by atoms with van der Waals surface area (Å²) in [6.45, 7) is 11.6. The second-order valence-electron chi connectivity index (χ2n) is 20.5. The summed E-state index contributed by atoms with van der Waals surface area (Å²) in [5.74, 6) is -6.45. The van der Waals surface area contributed by atoms with Gasteiger partial charge in [0.05, 0.1) is 88.5 Å². The van der Waals surface area contributed by atoms with Gasteiger partial charge in [0, 0.05) is 5.92 Å². The first-order chi connectivity index (χ1) is 34.9. The molecular formula is C55H88O19. The third kappa shape index (κ3) is 20.1. The van der Waals surface area contributed by atoms with Gasteiger partial charge in [-0.05, 0) is 119 Å². The van der Waals surface area contributed by atoms with Gasteiger partial charge in [0.15, 0.2) is 0 Å². The van der Waals surface area contributed by atoms with Crippen LogP contribution in [0.5, 0.6) is 0 Å². The molecule has 0 aromatic heterocycles. The van der Waals surface area contributed by atoms with Gasteiger partial charge in [0.1, 0.15) is 36.6 Å². The molecule has 19 heteroatoms. The van der Waals surface area contributed by atoms with Crippen LogP contribution >= 0.6 is 0 Å². The molecule has 74 heavy (non-hydrogen) atoms. The monoisotopic (exact) mass is 1050 g/mol. The van der Waals surface area contributed by atoms with E-state index in [0.717, 1.165) is 56.9 Å². The van der Waals surface area contributed by atoms with E-state index in [4.69, 9.17) is 39.4 Å². The highest BCUT2D eigenvalue weighted by Gasteiger charge is 2.50. The van der Waals surface area contributed by atoms with Gasteiger partial charge in [-0.25, -0.2) is 0 Å². The fraction of sp³-hybridized carbons (Fsp3) is 0.709. The van der Waals surface area contributed by atoms with Gasteiger partial charge in [0.2, 0.25) is 0 Å². The number of allylic oxidation sites excluding steroid dienone is 12. The van der Waals surface area contributed by atoms with E-state index in [-0.39, 0.29) is 18.4 Å². The van der Waals surface area contributed by atoms with Gasteiger partial charge in [-0.15, -0.1) is 0 Å². The summed E-state index contributed by atoms with van der Waals surface area (Å²) in [6, 6.07) is 0. The topological polar surface area (TPSA) is 328 Å². The maximum absolute atomic E-state index is 12.9. The Balaban J connectivity index is 0.000000424. The molecule has 12 atom stereocenters. The van der Waals surface area contributed by atoms with Crippen molar-refractivity contribution < 1.29 is 94.3 Å². The standard InChI is InChI=1S/C27H42O9.C21H32O4.C7H14O6/c1-15(2)7-5-8-16(3)9-6-10-17-11-12-18(19(13-17)26(33)35-4)27(34)36-14-20-21(28)23(30)25(32)24(31)22(20)29;1-15(2)8-6-9-16(3)10-7-11-17-12-13-18(20(22)24-4)19(14-17)21(23)25-5;8-1-2-3(9)5(11)7(13)6(12)4(2)10/h7,9,11,18-25,28-32H,5-6,8,10,12-14H2,1-4H3;8,10,12,18-19H,6-7,9,11,13-14H2,1-5H3;2-13H,1H2/b16-9+;16-10+;. The predicted octanol–water partition coefficient (Wildman–Crippen LogP) is 2.73. The summed E-state index contributed by atoms with van der Waals surface area (Å²) in [5, 5.41) is 104. The summed E-state index contributed by atoms with van der Waals surface area (Å²) in [5.41, 5.74) is 7.66. The van der Waals surface area contributed by atoms with Gasteiger partial charge < -0.3 is 75.1 Å². The maximum Gasteiger partial charge on any atom is 0.310 e. The van der Waals surface area contributed by atoms with Crippen LogP contribution in [0.4, 0.5) is 0 Å². The molecule has 19 nitrogen and oxygen atoms in total. The van der Waals surface area contributed by atoms with E-state index in [9.17, 15) is 54.9 Å². The van der Waals surface area contributed by atoms with Crippen LogP contribution in [0.25, 0.3) is 0 Å². The van der Waals surface area contributed by atoms with Crippen LogP contribution in [0.1, 0.15) is 119 Å². The second-order valence-corrected chi connectivity index (χ2v) is 20.5. The Morgan fingerprint density at radius 1 is 0.459 bits per heavy atom. The number of hydrogen-bond acceptors (Lipinski definition) is 19. The lowest BCUT2D eigenvalue weighted by atomic mass is 9.78. The molecule has 2 saturated carbocycles. The van der Waals surface area contributed by atoms with E-state index < -0.39 is 122 Å². The zero-order chi connectivity index (χ0) is 56.0. The van der Waals surface area contributed by atoms with Gasteiger partial charge in [0.25, 0.3) is 0 Å². The molecule has 4 aliphatic carbocycles. The van der Waals surface area contributed by atoms with Gasteiger partial charge in [-0.1, -0.05) is 69.9 Å². The van der Waals surface area contributed by atoms with Crippen molar-refractivity contribution in [2.75, 3.05) is 34.5 Å². The van der Waals surface area contributed by atoms with Crippen molar-refractivity contribution in [3.05, 3.63) is 69.9 Å². The fourth-order valence-electron chi connectivity index (χ4n) is 9.53. The molecule has 0 bridgehead atoms. The quantitative estimate of drug-likeness (QED) is 0.0503. The molecule has 11 N–H and O–H groups in total. The first-order valence-electron chi connectivity index (χ1n) is 25.6. The second kappa shape index (κ2) is 33.1. The number of carbonyl (C=O) groups excluding carboxylic acids is 4. The van der Waals surface area contributed by atoms with Crippen molar-refractivity contribution in [3.8, 4) is 0 Å². The molecule has 0 radical (unpaired) electrons. The van der Waals surface area contributed by atoms with Crippen LogP contribution in [0.2, 0.25) is 0 Å². The first kappa shape index (κ1) is 66.0. The van der Waals surface area contributed by atoms with Gasteiger partial charge in [-0.2, -0.15) is 0 Å². The molecule has 0 aromatic carbocycles. The third-order valence-corrected chi connectivity index (χ3v) is 14.4. The van der Waals surface area contributed by atoms with Crippen molar-refractivity contribution in [3.63, 3.8) is 0 Å². The Hall–Kier alpha value is -4.12. The molecule has 2 fully saturated rings. The van der Waals surface area contributed by atoms with Gasteiger partial charge in [-0.3, -0.25) is 19.2 Å². The van der Waals surface area contributed by atoms with Crippen molar-refractivity contribution in [1.82, 2.24) is 0 Å². The highest BCUT2D eigenvalue weighted by molar-refractivity contribution is 5.83. The summed E-state index contributed by atoms with van der Waals surface area (Å²) in [4.78, 5) is 49.2. The lowest BCUT2D eigenvalue weighted by molar-refractivity contribution is -0.213. The minimum atomic E-state index is -1.72. The maximum atomic E-state index is 12.9. The molecule has 12 unspecified atom stereocenters. The molecule has 0 amide bonds. The molecule has 0 spiro atoms. The van der Waals surface area contributed by atoms with E-state index in [1.54, 1.807) is 0 Å². The highest BCUT2D eigenvalue weighted by Crippen LogP contribution is 2.36. The van der Waals surface area contributed by atoms with E-state index >= 15 is 0 Å². The molecule has 0 heterocycles. The summed E-state index contributed by atoms with van der Waals surface area (Å²) in [7, 11) is 4.00. The number of hydrogen-bond donors (Lipinski definition) is 11. The number of ether oxygens (including phenoxy) is 4. The molecule has 0 saturated heterocycles. The van der Waals surface area contributed by atoms with E-state index in [1.165, 1.54) is 49.2 Å². The molecule has 0 aromatic rings. The average molecular weight is 1050 g/mol. The number of aliphatic hydroxyl groups excluding tert-OH is 11. The van der Waals surface area contributed by atoms with Crippen molar-refractivity contribution in [1.29, 1.82) is 0 Å². The first-order valence-corrected chi connectivity index (χ1v) is 25.6. The lowest BCUT2D eigenvalue weighted by Crippen LogP contribution is -2.62. The fourth-order valence-corrected chi connectivity index (χ4v) is 9.53. The SMILES string of the molecule is COC(=O)C1CC(CC/C=C(\C)CCC=C(C)C)=CCC1C(=O)OCC1C(O)C(O)C(O)C(O)C1O.COC(=O)C1CC=C(CC/C=C(\C)CCC=C(C)C)CC1C(=O)OC.OCC1C(O)C(O)C(O)C(O)C1O. The zero-order valence-electron chi connectivity index (χ0n) is 44.8. The highest BCUT2D eigenvalue weighted by atomic mass is 16.5. The third-order valence-electron chi connectivity index (χ3n) is 14.4. The zero-order valence-corrected chi connectivity index (χ0v) is 44.8. The minimum absolute atomic E-state index is 0.289. The van der Waals surface area contributed by atoms with Gasteiger partial charge >= 0.3 is 23.9 Å². The summed E-state index contributed by atoms with van der Waals surface area (Å²) >= 11 is 0. The molecule has 4 aliphatic rings. The van der Waals surface area contributed by atoms with Crippen LogP contribution in [-0.4, -0.2) is 176 Å². The molecule has 4 rings (SSSR count). The van der Waals surface area contributed by atoms with Crippen molar-refractivity contribution in [2.45, 2.75) is 180 Å². The number of carbonyl (C=O) groups is 4. The Bertz CT molecular complexity index is 1930. The van der Waals surface area contributed by atoms with Crippen LogP contribution in [0, 0.1) is 35.5 Å². The largest absolute Gasteiger partial charge is 0.469 e. The lowest BCUT2D eigenvalue weighted by Gasteiger charge is -2.41. The van der Waals surface area contributed by atoms with Crippen LogP contribution < -0.4 is 0 Å². The summed E-state index contributed by atoms with van der Waals surface area (Å²) in [6.07, 6.45) is 6.59. The van der Waals surface area contributed by atoms with Crippen molar-refractivity contribution in [2.24, 2.45) is 35.5 Å². The smallest absolute Gasteiger partial charge is 0.310 e. The predicted molar refractivity (Wildman–Crippen MR) is 273 cm³/mol. The minimum Gasteiger partial charge on any atom is -0.469 e. The van der Waals surface area contributed by atoms with Crippen LogP contribution in [0.3, 0.4) is 0 Å². The Morgan fingerprint density at radius 2 is 0.784 bits per heavy atom. The van der Waals surface area contributed by atoms with Crippen LogP contribution in [-0.2, 0) is 38.1 Å². The average Bonchev–Trinajstić information content (AvgIpc) is 3.37. The number of esters is 4. The van der Waals surface area contributed by atoms with E-state index in [0.29, 0.717) is 19.3 Å². The Kier molecular flexibility index (Phi) is 29.5. The summed E-state index contributed by atoms with van der Waals surface area (Å²) < 4.78 is 19.9. The normalized spacial score (nSPS) is 32.1. The number of methoxy groups -OCH3 is 3. The molecule has 422 valence electrons. The van der Waals surface area contributed by atoms with Crippen molar-refractivity contribution >= 4 is 23.9 Å². The molecular weight excluding hydrogens is 965 g/mol. The Morgan fingerprint density at radius 3 is 1.12 bits per heavy atom. The van der Waals surface area contributed by atoms with E-state index in [2.05, 4.69) is 71.9 Å². The Labute approximate surface area is 436 Å². The van der Waals surface area contributed by atoms with E-state index in [1.807, 2.05) is 6.08 Å². The number of rotatable bonds is 19. The van der Waals surface area contributed by atoms with Crippen LogP contribution in [0.15, 0.2) is 69.9 Å². The number of aliphatic hydroxyl groups is 11.